The zero-order chi connectivity index (χ0) is 29.6. The number of likely N-dealkylation sites (tertiary alicyclic amines) is 1. The topological polar surface area (TPSA) is 98.7 Å². The molecule has 0 saturated carbocycles. The molecule has 3 fully saturated rings. The molecule has 3 aromatic carbocycles. The zero-order valence-corrected chi connectivity index (χ0v) is 25.0. The third-order valence-corrected chi connectivity index (χ3v) is 11.4. The summed E-state index contributed by atoms with van der Waals surface area (Å²) in [7, 11) is 0. The molecule has 3 heterocycles. The Balaban J connectivity index is 1.40. The Bertz CT molecular complexity index is 1520. The van der Waals surface area contributed by atoms with Crippen LogP contribution in [0.3, 0.4) is 0 Å². The van der Waals surface area contributed by atoms with Gasteiger partial charge in [-0.2, -0.15) is 0 Å². The first-order valence-electron chi connectivity index (χ1n) is 14.6. The highest BCUT2D eigenvalue weighted by Crippen LogP contribution is 2.72. The summed E-state index contributed by atoms with van der Waals surface area (Å²) in [6.07, 6.45) is 1.36. The molecule has 3 saturated heterocycles. The number of rotatable bonds is 8. The second kappa shape index (κ2) is 10.9. The van der Waals surface area contributed by atoms with Crippen molar-refractivity contribution in [3.63, 3.8) is 0 Å². The first-order valence-corrected chi connectivity index (χ1v) is 15.4. The summed E-state index contributed by atoms with van der Waals surface area (Å²) in [6.45, 7) is 6.01. The number of aryl methyl sites for hydroxylation is 2. The number of fused-ring (bicyclic) bond motifs is 1. The number of carbonyl (C=O) groups excluding carboxylic acids is 3. The van der Waals surface area contributed by atoms with Crippen LogP contribution >= 0.6 is 11.8 Å². The van der Waals surface area contributed by atoms with Gasteiger partial charge in [0.25, 0.3) is 0 Å². The van der Waals surface area contributed by atoms with Crippen LogP contribution < -0.4 is 10.6 Å². The highest BCUT2D eigenvalue weighted by Gasteiger charge is 2.77. The summed E-state index contributed by atoms with van der Waals surface area (Å²) in [5.41, 5.74) is 4.38. The lowest BCUT2D eigenvalue weighted by Crippen LogP contribution is -2.53. The number of hydrogen-bond donors (Lipinski definition) is 3. The second-order valence-electron chi connectivity index (χ2n) is 12.1. The van der Waals surface area contributed by atoms with Gasteiger partial charge in [-0.25, -0.2) is 0 Å². The van der Waals surface area contributed by atoms with Gasteiger partial charge in [0, 0.05) is 17.0 Å². The Kier molecular flexibility index (Phi) is 7.39. The summed E-state index contributed by atoms with van der Waals surface area (Å²) in [5, 5.41) is 16.9. The third kappa shape index (κ3) is 4.61. The molecule has 218 valence electrons. The van der Waals surface area contributed by atoms with Gasteiger partial charge in [0.15, 0.2) is 0 Å². The maximum absolute atomic E-state index is 14.6. The minimum absolute atomic E-state index is 0.162. The van der Waals surface area contributed by atoms with Crippen molar-refractivity contribution in [1.29, 1.82) is 0 Å². The minimum Gasteiger partial charge on any atom is -0.394 e. The average Bonchev–Trinajstić information content (AvgIpc) is 3.56. The number of nitrogens with zero attached hydrogens (tertiary/aromatic N) is 1. The first kappa shape index (κ1) is 28.5. The molecule has 2 unspecified atom stereocenters. The quantitative estimate of drug-likeness (QED) is 0.355. The largest absolute Gasteiger partial charge is 0.394 e. The van der Waals surface area contributed by atoms with Crippen molar-refractivity contribution >= 4 is 35.2 Å². The van der Waals surface area contributed by atoms with Crippen molar-refractivity contribution in [3.8, 4) is 0 Å². The molecule has 3 aliphatic heterocycles. The lowest BCUT2D eigenvalue weighted by atomic mass is 9.66. The van der Waals surface area contributed by atoms with Crippen LogP contribution in [0.4, 0.5) is 5.69 Å². The lowest BCUT2D eigenvalue weighted by molar-refractivity contribution is -0.142. The lowest BCUT2D eigenvalue weighted by Gasteiger charge is -2.37. The zero-order valence-electron chi connectivity index (χ0n) is 24.2. The van der Waals surface area contributed by atoms with Crippen LogP contribution in [0.1, 0.15) is 48.1 Å². The van der Waals surface area contributed by atoms with Crippen molar-refractivity contribution < 1.29 is 19.5 Å². The number of anilines is 1. The molecule has 1 spiro atoms. The summed E-state index contributed by atoms with van der Waals surface area (Å²) in [6, 6.07) is 23.4. The van der Waals surface area contributed by atoms with Crippen LogP contribution in [0.5, 0.6) is 0 Å². The number of carbonyl (C=O) groups is 3. The van der Waals surface area contributed by atoms with Gasteiger partial charge in [-0.1, -0.05) is 72.8 Å². The van der Waals surface area contributed by atoms with E-state index in [1.165, 1.54) is 0 Å². The van der Waals surface area contributed by atoms with Crippen LogP contribution in [0.15, 0.2) is 78.9 Å². The number of amides is 3. The third-order valence-electron chi connectivity index (χ3n) is 9.40. The first-order chi connectivity index (χ1) is 20.2. The number of aliphatic hydroxyl groups excluding tert-OH is 1. The molecular weight excluding hydrogens is 546 g/mol. The summed E-state index contributed by atoms with van der Waals surface area (Å²) in [4.78, 5) is 44.5. The summed E-state index contributed by atoms with van der Waals surface area (Å²) in [5.74, 6) is -1.96. The molecule has 8 heteroatoms. The maximum Gasteiger partial charge on any atom is 0.248 e. The minimum atomic E-state index is -0.856. The summed E-state index contributed by atoms with van der Waals surface area (Å²) < 4.78 is -1.27. The van der Waals surface area contributed by atoms with Gasteiger partial charge >= 0.3 is 0 Å². The molecule has 3 amide bonds. The average molecular weight is 584 g/mol. The van der Waals surface area contributed by atoms with E-state index in [-0.39, 0.29) is 24.3 Å². The van der Waals surface area contributed by atoms with Crippen molar-refractivity contribution in [2.24, 2.45) is 11.8 Å². The van der Waals surface area contributed by atoms with E-state index in [9.17, 15) is 19.5 Å². The van der Waals surface area contributed by atoms with Crippen molar-refractivity contribution in [1.82, 2.24) is 10.2 Å². The predicted molar refractivity (Wildman–Crippen MR) is 165 cm³/mol. The van der Waals surface area contributed by atoms with Gasteiger partial charge in [-0.3, -0.25) is 14.4 Å². The van der Waals surface area contributed by atoms with Gasteiger partial charge in [0.05, 0.1) is 29.2 Å². The molecule has 3 aliphatic rings. The van der Waals surface area contributed by atoms with Crippen LogP contribution in [-0.4, -0.2) is 49.9 Å². The monoisotopic (exact) mass is 583 g/mol. The van der Waals surface area contributed by atoms with Crippen molar-refractivity contribution in [3.05, 3.63) is 101 Å². The van der Waals surface area contributed by atoms with Crippen molar-refractivity contribution in [2.45, 2.75) is 61.7 Å². The Morgan fingerprint density at radius 2 is 1.69 bits per heavy atom. The SMILES string of the molecule is Cc1ccc(C)c(NC(=O)C2N([C@H](CO)c3ccccc3)C(=O)[C@@H]3[C@H](C(=O)NCc4ccccc4)[C@]4(C)CCC23S4)c1. The van der Waals surface area contributed by atoms with Crippen LogP contribution in [0.25, 0.3) is 0 Å². The molecule has 2 bridgehead atoms. The van der Waals surface area contributed by atoms with E-state index < -0.39 is 33.4 Å². The van der Waals surface area contributed by atoms with Crippen LogP contribution in [-0.2, 0) is 20.9 Å². The number of thioether (sulfide) groups is 1. The number of benzene rings is 3. The molecule has 3 aromatic rings. The van der Waals surface area contributed by atoms with E-state index in [1.54, 1.807) is 16.7 Å². The predicted octanol–water partition coefficient (Wildman–Crippen LogP) is 4.77. The Morgan fingerprint density at radius 3 is 2.38 bits per heavy atom. The second-order valence-corrected chi connectivity index (χ2v) is 14.0. The Labute approximate surface area is 251 Å². The van der Waals surface area contributed by atoms with E-state index >= 15 is 0 Å². The fraction of sp³-hybridized carbons (Fsp3) is 0.382. The molecular formula is C34H37N3O4S. The van der Waals surface area contributed by atoms with Crippen LogP contribution in [0, 0.1) is 25.7 Å². The summed E-state index contributed by atoms with van der Waals surface area (Å²) >= 11 is 1.63. The van der Waals surface area contributed by atoms with Gasteiger partial charge in [0.1, 0.15) is 6.04 Å². The van der Waals surface area contributed by atoms with E-state index in [2.05, 4.69) is 17.6 Å². The number of hydrogen-bond acceptors (Lipinski definition) is 5. The fourth-order valence-corrected chi connectivity index (χ4v) is 9.74. The van der Waals surface area contributed by atoms with E-state index in [0.29, 0.717) is 18.7 Å². The van der Waals surface area contributed by atoms with Crippen molar-refractivity contribution in [2.75, 3.05) is 11.9 Å². The Morgan fingerprint density at radius 1 is 1.00 bits per heavy atom. The van der Waals surface area contributed by atoms with E-state index in [0.717, 1.165) is 28.7 Å². The highest BCUT2D eigenvalue weighted by atomic mass is 32.2. The van der Waals surface area contributed by atoms with Gasteiger partial charge in [0.2, 0.25) is 17.7 Å². The van der Waals surface area contributed by atoms with Crippen LogP contribution in [0.2, 0.25) is 0 Å². The van der Waals surface area contributed by atoms with E-state index in [1.807, 2.05) is 92.7 Å². The number of nitrogens with one attached hydrogen (secondary N) is 2. The number of aliphatic hydroxyl groups is 1. The van der Waals surface area contributed by atoms with E-state index in [4.69, 9.17) is 0 Å². The smallest absolute Gasteiger partial charge is 0.248 e. The molecule has 6 atom stereocenters. The molecule has 42 heavy (non-hydrogen) atoms. The molecule has 7 nitrogen and oxygen atoms in total. The van der Waals surface area contributed by atoms with Gasteiger partial charge in [-0.15, -0.1) is 11.8 Å². The fourth-order valence-electron chi connectivity index (χ4n) is 7.40. The molecule has 0 aliphatic carbocycles. The molecule has 0 radical (unpaired) electrons. The molecule has 6 rings (SSSR count). The van der Waals surface area contributed by atoms with Gasteiger partial charge < -0.3 is 20.6 Å². The normalized spacial score (nSPS) is 28.4. The molecule has 3 N–H and O–H groups in total. The highest BCUT2D eigenvalue weighted by molar-refractivity contribution is 8.02. The maximum atomic E-state index is 14.6. The Hall–Kier alpha value is -3.62. The standard InChI is InChI=1S/C34H37N3O4S/c1-21-14-15-22(2)25(18-21)36-31(40)29-34-17-16-33(3,42-34)27(30(39)35-19-23-10-6-4-7-11-23)28(34)32(41)37(29)26(20-38)24-12-8-5-9-13-24/h4-15,18,26-29,38H,16-17,19-20H2,1-3H3,(H,35,39)(H,36,40)/t26-,27-,28+,29?,33+,34?/m1/s1. The molecule has 0 aromatic heterocycles. The van der Waals surface area contributed by atoms with Gasteiger partial charge in [-0.05, 0) is 61.9 Å².